The van der Waals surface area contributed by atoms with Crippen LogP contribution in [0.15, 0.2) is 24.3 Å². The van der Waals surface area contributed by atoms with E-state index in [0.29, 0.717) is 24.2 Å². The molecule has 0 aromatic heterocycles. The number of hydrogen-bond acceptors (Lipinski definition) is 6. The van der Waals surface area contributed by atoms with Crippen LogP contribution in [-0.2, 0) is 9.57 Å². The number of rotatable bonds is 7. The van der Waals surface area contributed by atoms with Gasteiger partial charge in [0.15, 0.2) is 6.29 Å². The molecular weight excluding hydrogens is 288 g/mol. The number of epoxide rings is 1. The molecule has 0 bridgehead atoms. The average molecular weight is 306 g/mol. The summed E-state index contributed by atoms with van der Waals surface area (Å²) < 4.78 is 5.03. The zero-order valence-corrected chi connectivity index (χ0v) is 12.2. The molecule has 3 atom stereocenters. The number of aliphatic hydroxyl groups excluding tert-OH is 1. The van der Waals surface area contributed by atoms with E-state index in [1.54, 1.807) is 24.3 Å². The Bertz CT molecular complexity index is 556. The largest absolute Gasteiger partial charge is 0.366 e. The summed E-state index contributed by atoms with van der Waals surface area (Å²) in [6.07, 6.45) is -0.755. The van der Waals surface area contributed by atoms with Gasteiger partial charge in [-0.25, -0.2) is 0 Å². The summed E-state index contributed by atoms with van der Waals surface area (Å²) >= 11 is 0. The summed E-state index contributed by atoms with van der Waals surface area (Å²) in [4.78, 5) is 30.9. The quantitative estimate of drug-likeness (QED) is 0.428. The molecule has 1 fully saturated rings. The predicted octanol–water partition coefficient (Wildman–Crippen LogP) is 0.300. The lowest BCUT2D eigenvalue weighted by molar-refractivity contribution is 0.0126. The molecule has 7 heteroatoms. The molecule has 0 saturated carbocycles. The van der Waals surface area contributed by atoms with Gasteiger partial charge in [0.2, 0.25) is 0 Å². The van der Waals surface area contributed by atoms with Crippen molar-refractivity contribution in [3.05, 3.63) is 35.4 Å². The lowest BCUT2D eigenvalue weighted by Crippen LogP contribution is -2.40. The molecule has 2 unspecified atom stereocenters. The van der Waals surface area contributed by atoms with Crippen molar-refractivity contribution in [3.63, 3.8) is 0 Å². The number of aliphatic hydroxyl groups is 1. The first-order chi connectivity index (χ1) is 10.6. The summed E-state index contributed by atoms with van der Waals surface area (Å²) in [5, 5.41) is 9.37. The van der Waals surface area contributed by atoms with Crippen molar-refractivity contribution < 1.29 is 24.3 Å². The molecule has 1 aromatic rings. The minimum Gasteiger partial charge on any atom is -0.366 e. The fourth-order valence-corrected chi connectivity index (χ4v) is 2.60. The van der Waals surface area contributed by atoms with E-state index in [0.717, 1.165) is 0 Å². The third-order valence-corrected chi connectivity index (χ3v) is 3.82. The van der Waals surface area contributed by atoms with E-state index in [2.05, 4.69) is 5.48 Å². The normalized spacial score (nSPS) is 24.5. The SMILES string of the molecule is CCON[C@H](CCN1C(=O)c2ccccc2C1=O)C1OC1O. The van der Waals surface area contributed by atoms with E-state index >= 15 is 0 Å². The topological polar surface area (TPSA) is 91.4 Å². The molecule has 2 aliphatic rings. The number of hydroxylamine groups is 1. The number of nitrogens with zero attached hydrogens (tertiary/aromatic N) is 1. The van der Waals surface area contributed by atoms with Gasteiger partial charge in [-0.15, -0.1) is 0 Å². The van der Waals surface area contributed by atoms with Crippen LogP contribution < -0.4 is 5.48 Å². The van der Waals surface area contributed by atoms with Gasteiger partial charge in [-0.1, -0.05) is 12.1 Å². The average Bonchev–Trinajstić information content (AvgIpc) is 3.20. The van der Waals surface area contributed by atoms with E-state index in [-0.39, 0.29) is 30.5 Å². The maximum Gasteiger partial charge on any atom is 0.261 e. The van der Waals surface area contributed by atoms with Gasteiger partial charge in [0.25, 0.3) is 11.8 Å². The van der Waals surface area contributed by atoms with E-state index < -0.39 is 6.29 Å². The lowest BCUT2D eigenvalue weighted by atomic mass is 10.1. The summed E-state index contributed by atoms with van der Waals surface area (Å²) in [5.74, 6) is -0.568. The Balaban J connectivity index is 1.64. The first-order valence-electron chi connectivity index (χ1n) is 7.29. The number of ether oxygens (including phenoxy) is 1. The highest BCUT2D eigenvalue weighted by atomic mass is 16.7. The molecule has 0 spiro atoms. The van der Waals surface area contributed by atoms with Crippen LogP contribution in [0, 0.1) is 0 Å². The Morgan fingerprint density at radius 3 is 2.41 bits per heavy atom. The standard InChI is InChI=1S/C15H18N2O5/c1-2-21-16-11(12-15(20)22-12)7-8-17-13(18)9-5-3-4-6-10(9)14(17)19/h3-6,11-12,15-16,20H,2,7-8H2,1H3/t11-,12?,15?/m1/s1. The van der Waals surface area contributed by atoms with E-state index in [1.165, 1.54) is 4.90 Å². The number of hydrogen-bond donors (Lipinski definition) is 2. The highest BCUT2D eigenvalue weighted by Crippen LogP contribution is 2.27. The molecule has 2 amide bonds. The van der Waals surface area contributed by atoms with Crippen LogP contribution >= 0.6 is 0 Å². The van der Waals surface area contributed by atoms with Gasteiger partial charge in [0.05, 0.1) is 23.8 Å². The Hall–Kier alpha value is -1.80. The van der Waals surface area contributed by atoms with Crippen LogP contribution in [0.4, 0.5) is 0 Å². The van der Waals surface area contributed by atoms with E-state index in [4.69, 9.17) is 9.57 Å². The number of benzene rings is 1. The molecule has 1 saturated heterocycles. The number of fused-ring (bicyclic) bond motifs is 1. The number of amides is 2. The fourth-order valence-electron chi connectivity index (χ4n) is 2.60. The third-order valence-electron chi connectivity index (χ3n) is 3.82. The maximum absolute atomic E-state index is 12.3. The van der Waals surface area contributed by atoms with Crippen LogP contribution in [0.3, 0.4) is 0 Å². The van der Waals surface area contributed by atoms with Gasteiger partial charge in [-0.3, -0.25) is 14.5 Å². The zero-order chi connectivity index (χ0) is 15.7. The highest BCUT2D eigenvalue weighted by Gasteiger charge is 2.45. The molecule has 3 rings (SSSR count). The molecule has 2 N–H and O–H groups in total. The minimum atomic E-state index is -0.819. The van der Waals surface area contributed by atoms with Crippen LogP contribution in [0.25, 0.3) is 0 Å². The van der Waals surface area contributed by atoms with Crippen LogP contribution in [0.2, 0.25) is 0 Å². The summed E-state index contributed by atoms with van der Waals surface area (Å²) in [7, 11) is 0. The molecular formula is C15H18N2O5. The Labute approximate surface area is 127 Å². The summed E-state index contributed by atoms with van der Waals surface area (Å²) in [6, 6.07) is 6.50. The van der Waals surface area contributed by atoms with Crippen LogP contribution in [-0.4, -0.2) is 53.4 Å². The molecule has 7 nitrogen and oxygen atoms in total. The van der Waals surface area contributed by atoms with E-state index in [1.807, 2.05) is 6.92 Å². The summed E-state index contributed by atoms with van der Waals surface area (Å²) in [5.41, 5.74) is 3.67. The second kappa shape index (κ2) is 6.13. The van der Waals surface area contributed by atoms with Gasteiger partial charge < -0.3 is 14.7 Å². The molecule has 2 heterocycles. The Kier molecular flexibility index (Phi) is 4.21. The number of carbonyl (C=O) groups excluding carboxylic acids is 2. The third kappa shape index (κ3) is 2.76. The van der Waals surface area contributed by atoms with Crippen molar-refractivity contribution in [1.82, 2.24) is 10.4 Å². The highest BCUT2D eigenvalue weighted by molar-refractivity contribution is 6.21. The van der Waals surface area contributed by atoms with Gasteiger partial charge in [-0.05, 0) is 25.5 Å². The number of nitrogens with one attached hydrogen (secondary N) is 1. The van der Waals surface area contributed by atoms with Crippen molar-refractivity contribution in [2.75, 3.05) is 13.2 Å². The minimum absolute atomic E-state index is 0.240. The van der Waals surface area contributed by atoms with Crippen molar-refractivity contribution in [2.24, 2.45) is 0 Å². The van der Waals surface area contributed by atoms with Gasteiger partial charge in [0.1, 0.15) is 6.10 Å². The Morgan fingerprint density at radius 1 is 1.32 bits per heavy atom. The smallest absolute Gasteiger partial charge is 0.261 e. The predicted molar refractivity (Wildman–Crippen MR) is 75.9 cm³/mol. The van der Waals surface area contributed by atoms with E-state index in [9.17, 15) is 14.7 Å². The maximum atomic E-state index is 12.3. The van der Waals surface area contributed by atoms with Gasteiger partial charge in [-0.2, -0.15) is 5.48 Å². The molecule has 2 aliphatic heterocycles. The molecule has 118 valence electrons. The molecule has 22 heavy (non-hydrogen) atoms. The van der Waals surface area contributed by atoms with Crippen LogP contribution in [0.1, 0.15) is 34.1 Å². The van der Waals surface area contributed by atoms with Crippen molar-refractivity contribution in [1.29, 1.82) is 0 Å². The number of carbonyl (C=O) groups is 2. The molecule has 1 aromatic carbocycles. The first-order valence-corrected chi connectivity index (χ1v) is 7.29. The van der Waals surface area contributed by atoms with Crippen molar-refractivity contribution >= 4 is 11.8 Å². The van der Waals surface area contributed by atoms with Gasteiger partial charge >= 0.3 is 0 Å². The fraction of sp³-hybridized carbons (Fsp3) is 0.467. The monoisotopic (exact) mass is 306 g/mol. The molecule has 0 aliphatic carbocycles. The number of imide groups is 1. The summed E-state index contributed by atoms with van der Waals surface area (Å²) in [6.45, 7) is 2.54. The van der Waals surface area contributed by atoms with Crippen molar-refractivity contribution in [2.45, 2.75) is 31.8 Å². The first kappa shape index (κ1) is 15.1. The second-order valence-electron chi connectivity index (χ2n) is 5.24. The van der Waals surface area contributed by atoms with Gasteiger partial charge in [0, 0.05) is 6.54 Å². The lowest BCUT2D eigenvalue weighted by Gasteiger charge is -2.19. The second-order valence-corrected chi connectivity index (χ2v) is 5.24. The zero-order valence-electron chi connectivity index (χ0n) is 12.2. The Morgan fingerprint density at radius 2 is 1.91 bits per heavy atom. The van der Waals surface area contributed by atoms with Crippen LogP contribution in [0.5, 0.6) is 0 Å². The molecule has 0 radical (unpaired) electrons. The van der Waals surface area contributed by atoms with Crippen molar-refractivity contribution in [3.8, 4) is 0 Å².